The van der Waals surface area contributed by atoms with Crippen molar-refractivity contribution >= 4 is 17.5 Å². The molecule has 3 aromatic rings. The molecule has 0 aliphatic carbocycles. The van der Waals surface area contributed by atoms with Crippen molar-refractivity contribution in [2.45, 2.75) is 13.2 Å². The van der Waals surface area contributed by atoms with Gasteiger partial charge in [0.2, 0.25) is 5.88 Å². The predicted molar refractivity (Wildman–Crippen MR) is 107 cm³/mol. The average molecular weight is 433 g/mol. The number of carbonyl (C=O) groups is 1. The first kappa shape index (κ1) is 20.4. The molecule has 0 spiro atoms. The maximum Gasteiger partial charge on any atom is 0.272 e. The Kier molecular flexibility index (Phi) is 6.03. The lowest BCUT2D eigenvalue weighted by Crippen LogP contribution is -2.41. The van der Waals surface area contributed by atoms with Crippen molar-refractivity contribution in [3.05, 3.63) is 52.4 Å². The van der Waals surface area contributed by atoms with Crippen LogP contribution in [0.5, 0.6) is 5.88 Å². The first-order valence-corrected chi connectivity index (χ1v) is 9.82. The number of halogens is 1. The number of hydrogen-bond donors (Lipinski definition) is 1. The maximum absolute atomic E-state index is 12.7. The Balaban J connectivity index is 1.52. The minimum absolute atomic E-state index is 0.0690. The molecule has 30 heavy (non-hydrogen) atoms. The van der Waals surface area contributed by atoms with Crippen LogP contribution in [0.25, 0.3) is 11.3 Å². The van der Waals surface area contributed by atoms with Gasteiger partial charge in [-0.3, -0.25) is 9.48 Å². The second-order valence-corrected chi connectivity index (χ2v) is 7.22. The van der Waals surface area contributed by atoms with Crippen molar-refractivity contribution in [1.29, 1.82) is 0 Å². The fraction of sp³-hybridized carbons (Fsp3) is 0.350. The number of aliphatic hydroxyl groups is 1. The van der Waals surface area contributed by atoms with E-state index in [0.717, 1.165) is 5.56 Å². The number of carbonyl (C=O) groups excluding carboxylic acids is 1. The van der Waals surface area contributed by atoms with Gasteiger partial charge in [0.05, 0.1) is 18.8 Å². The fourth-order valence-electron chi connectivity index (χ4n) is 3.24. The van der Waals surface area contributed by atoms with Gasteiger partial charge in [-0.15, -0.1) is 5.10 Å². The smallest absolute Gasteiger partial charge is 0.272 e. The summed E-state index contributed by atoms with van der Waals surface area (Å²) in [6, 6.07) is 8.72. The highest BCUT2D eigenvalue weighted by Gasteiger charge is 2.23. The Labute approximate surface area is 177 Å². The number of aryl methyl sites for hydroxylation is 1. The lowest BCUT2D eigenvalue weighted by atomic mass is 10.1. The highest BCUT2D eigenvalue weighted by Crippen LogP contribution is 2.28. The molecule has 158 valence electrons. The van der Waals surface area contributed by atoms with Crippen molar-refractivity contribution < 1.29 is 23.9 Å². The summed E-state index contributed by atoms with van der Waals surface area (Å²) in [7, 11) is 1.69. The van der Waals surface area contributed by atoms with E-state index in [1.54, 1.807) is 30.1 Å². The van der Waals surface area contributed by atoms with Crippen LogP contribution in [0.2, 0.25) is 5.02 Å². The zero-order valence-corrected chi connectivity index (χ0v) is 17.1. The summed E-state index contributed by atoms with van der Waals surface area (Å²) in [6.07, 6.45) is 0. The van der Waals surface area contributed by atoms with Crippen molar-refractivity contribution in [2.75, 3.05) is 26.3 Å². The summed E-state index contributed by atoms with van der Waals surface area (Å²) < 4.78 is 17.9. The molecule has 2 aromatic heterocycles. The summed E-state index contributed by atoms with van der Waals surface area (Å²) in [5.41, 5.74) is 2.37. The molecule has 4 rings (SSSR count). The van der Waals surface area contributed by atoms with Crippen LogP contribution in [-0.4, -0.2) is 57.2 Å². The standard InChI is InChI=1S/C20H21ClN4O5/c1-24-16(20(27)25-6-8-28-9-7-25)10-18(22-24)29-12-15-17(11-26)30-23-19(15)13-2-4-14(21)5-3-13/h2-5,10,26H,6-9,11-12H2,1H3. The number of aromatic nitrogens is 3. The number of aliphatic hydroxyl groups excluding tert-OH is 1. The molecule has 0 bridgehead atoms. The summed E-state index contributed by atoms with van der Waals surface area (Å²) >= 11 is 5.95. The van der Waals surface area contributed by atoms with E-state index in [-0.39, 0.29) is 19.1 Å². The van der Waals surface area contributed by atoms with Gasteiger partial charge in [0, 0.05) is 36.8 Å². The molecular formula is C20H21ClN4O5. The number of nitrogens with zero attached hydrogens (tertiary/aromatic N) is 4. The lowest BCUT2D eigenvalue weighted by molar-refractivity contribution is 0.0295. The Morgan fingerprint density at radius 3 is 2.70 bits per heavy atom. The molecule has 0 radical (unpaired) electrons. The van der Waals surface area contributed by atoms with Crippen LogP contribution in [0.1, 0.15) is 21.8 Å². The Morgan fingerprint density at radius 1 is 1.27 bits per heavy atom. The zero-order valence-electron chi connectivity index (χ0n) is 16.4. The number of morpholine rings is 1. The summed E-state index contributed by atoms with van der Waals surface area (Å²) in [4.78, 5) is 14.4. The minimum atomic E-state index is -0.317. The minimum Gasteiger partial charge on any atom is -0.471 e. The summed E-state index contributed by atoms with van der Waals surface area (Å²) in [5.74, 6) is 0.479. The van der Waals surface area contributed by atoms with Crippen LogP contribution in [-0.2, 0) is 25.0 Å². The van der Waals surface area contributed by atoms with E-state index in [2.05, 4.69) is 10.3 Å². The molecule has 9 nitrogen and oxygen atoms in total. The number of rotatable bonds is 6. The van der Waals surface area contributed by atoms with E-state index in [1.807, 2.05) is 12.1 Å². The molecule has 0 unspecified atom stereocenters. The molecule has 1 saturated heterocycles. The maximum atomic E-state index is 12.7. The molecule has 0 saturated carbocycles. The van der Waals surface area contributed by atoms with Gasteiger partial charge in [-0.2, -0.15) is 0 Å². The monoisotopic (exact) mass is 432 g/mol. The number of hydrogen-bond acceptors (Lipinski definition) is 7. The molecular weight excluding hydrogens is 412 g/mol. The SMILES string of the molecule is Cn1nc(OCc2c(-c3ccc(Cl)cc3)noc2CO)cc1C(=O)N1CCOCC1. The Bertz CT molecular complexity index is 1020. The predicted octanol–water partition coefficient (Wildman–Crippen LogP) is 2.27. The third kappa shape index (κ3) is 4.18. The van der Waals surface area contributed by atoms with Crippen LogP contribution in [0, 0.1) is 0 Å². The second kappa shape index (κ2) is 8.86. The fourth-order valence-corrected chi connectivity index (χ4v) is 3.36. The molecule has 1 amide bonds. The topological polar surface area (TPSA) is 103 Å². The van der Waals surface area contributed by atoms with Gasteiger partial charge in [0.15, 0.2) is 5.76 Å². The van der Waals surface area contributed by atoms with Crippen LogP contribution in [0.3, 0.4) is 0 Å². The molecule has 1 aliphatic heterocycles. The van der Waals surface area contributed by atoms with Crippen LogP contribution in [0.15, 0.2) is 34.9 Å². The quantitative estimate of drug-likeness (QED) is 0.637. The third-order valence-electron chi connectivity index (χ3n) is 4.87. The van der Waals surface area contributed by atoms with E-state index in [9.17, 15) is 9.90 Å². The van der Waals surface area contributed by atoms with Gasteiger partial charge < -0.3 is 24.0 Å². The molecule has 1 aliphatic rings. The van der Waals surface area contributed by atoms with E-state index >= 15 is 0 Å². The number of ether oxygens (including phenoxy) is 2. The first-order chi connectivity index (χ1) is 14.6. The van der Waals surface area contributed by atoms with Crippen molar-refractivity contribution in [3.63, 3.8) is 0 Å². The van der Waals surface area contributed by atoms with Gasteiger partial charge in [0.25, 0.3) is 5.91 Å². The van der Waals surface area contributed by atoms with Gasteiger partial charge in [-0.1, -0.05) is 28.9 Å². The highest BCUT2D eigenvalue weighted by atomic mass is 35.5. The van der Waals surface area contributed by atoms with Crippen LogP contribution < -0.4 is 4.74 Å². The van der Waals surface area contributed by atoms with Crippen LogP contribution in [0.4, 0.5) is 0 Å². The first-order valence-electron chi connectivity index (χ1n) is 9.45. The zero-order chi connectivity index (χ0) is 21.1. The molecule has 0 atom stereocenters. The Morgan fingerprint density at radius 2 is 2.00 bits per heavy atom. The van der Waals surface area contributed by atoms with E-state index in [0.29, 0.717) is 59.9 Å². The summed E-state index contributed by atoms with van der Waals surface area (Å²) in [6.45, 7) is 1.90. The van der Waals surface area contributed by atoms with Crippen molar-refractivity contribution in [2.24, 2.45) is 7.05 Å². The van der Waals surface area contributed by atoms with Gasteiger partial charge in [-0.05, 0) is 12.1 Å². The normalized spacial score (nSPS) is 14.2. The van der Waals surface area contributed by atoms with E-state index in [1.165, 1.54) is 4.68 Å². The average Bonchev–Trinajstić information content (AvgIpc) is 3.35. The third-order valence-corrected chi connectivity index (χ3v) is 5.12. The largest absolute Gasteiger partial charge is 0.471 e. The van der Waals surface area contributed by atoms with Crippen molar-refractivity contribution in [3.8, 4) is 17.1 Å². The van der Waals surface area contributed by atoms with Crippen LogP contribution >= 0.6 is 11.6 Å². The number of benzene rings is 1. The number of amides is 1. The summed E-state index contributed by atoms with van der Waals surface area (Å²) in [5, 5.41) is 18.5. The van der Waals surface area contributed by atoms with Gasteiger partial charge in [-0.25, -0.2) is 0 Å². The molecule has 1 aromatic carbocycles. The Hall–Kier alpha value is -2.88. The van der Waals surface area contributed by atoms with Crippen molar-refractivity contribution in [1.82, 2.24) is 19.8 Å². The second-order valence-electron chi connectivity index (χ2n) is 6.78. The molecule has 1 fully saturated rings. The van der Waals surface area contributed by atoms with E-state index in [4.69, 9.17) is 25.6 Å². The lowest BCUT2D eigenvalue weighted by Gasteiger charge is -2.26. The molecule has 3 heterocycles. The van der Waals surface area contributed by atoms with E-state index < -0.39 is 0 Å². The molecule has 1 N–H and O–H groups in total. The molecule has 10 heteroatoms. The van der Waals surface area contributed by atoms with Gasteiger partial charge in [0.1, 0.15) is 24.6 Å². The highest BCUT2D eigenvalue weighted by molar-refractivity contribution is 6.30. The van der Waals surface area contributed by atoms with Gasteiger partial charge >= 0.3 is 0 Å².